The number of aromatic nitrogens is 3. The molecule has 1 aliphatic heterocycles. The molecule has 2 aromatic rings. The molecule has 0 radical (unpaired) electrons. The highest BCUT2D eigenvalue weighted by atomic mass is 19.3. The van der Waals surface area contributed by atoms with Crippen LogP contribution in [0, 0.1) is 17.7 Å². The molecule has 3 aliphatic rings. The molecule has 8 nitrogen and oxygen atoms in total. The van der Waals surface area contributed by atoms with Crippen LogP contribution >= 0.6 is 0 Å². The Morgan fingerprint density at radius 3 is 2.57 bits per heavy atom. The summed E-state index contributed by atoms with van der Waals surface area (Å²) in [5.41, 5.74) is 0.339. The summed E-state index contributed by atoms with van der Waals surface area (Å²) in [5, 5.41) is 9.94. The van der Waals surface area contributed by atoms with Gasteiger partial charge in [0.1, 0.15) is 5.69 Å². The van der Waals surface area contributed by atoms with Gasteiger partial charge in [-0.25, -0.2) is 18.2 Å². The molecule has 11 heteroatoms. The lowest BCUT2D eigenvalue weighted by Gasteiger charge is -2.40. The van der Waals surface area contributed by atoms with E-state index in [2.05, 4.69) is 20.5 Å². The molecule has 2 N–H and O–H groups in total. The van der Waals surface area contributed by atoms with Gasteiger partial charge in [-0.3, -0.25) is 14.7 Å². The predicted molar refractivity (Wildman–Crippen MR) is 129 cm³/mol. The number of hydrogen-bond acceptors (Lipinski definition) is 5. The van der Waals surface area contributed by atoms with E-state index in [1.807, 2.05) is 4.90 Å². The average molecular weight is 520 g/mol. The van der Waals surface area contributed by atoms with Crippen LogP contribution in [0.15, 0.2) is 18.3 Å². The Morgan fingerprint density at radius 2 is 1.92 bits per heavy atom. The number of aromatic amines is 1. The van der Waals surface area contributed by atoms with Crippen molar-refractivity contribution < 1.29 is 27.5 Å². The Labute approximate surface area is 213 Å². The van der Waals surface area contributed by atoms with Crippen molar-refractivity contribution in [2.75, 3.05) is 13.7 Å². The average Bonchev–Trinajstić information content (AvgIpc) is 3.45. The molecule has 0 unspecified atom stereocenters. The van der Waals surface area contributed by atoms with E-state index in [0.717, 1.165) is 26.0 Å². The van der Waals surface area contributed by atoms with E-state index in [0.29, 0.717) is 45.1 Å². The van der Waals surface area contributed by atoms with Gasteiger partial charge in [-0.2, -0.15) is 5.10 Å². The number of likely N-dealkylation sites (tertiary alicyclic amines) is 1. The van der Waals surface area contributed by atoms with Crippen LogP contribution in [0.5, 0.6) is 5.88 Å². The largest absolute Gasteiger partial charge is 0.481 e. The van der Waals surface area contributed by atoms with Gasteiger partial charge in [-0.1, -0.05) is 0 Å². The number of amides is 2. The number of carbonyl (C=O) groups is 2. The van der Waals surface area contributed by atoms with E-state index < -0.39 is 17.7 Å². The zero-order chi connectivity index (χ0) is 26.4. The molecule has 1 spiro atoms. The predicted octanol–water partition coefficient (Wildman–Crippen LogP) is 4.33. The van der Waals surface area contributed by atoms with Crippen LogP contribution in [-0.2, 0) is 4.79 Å². The molecule has 1 saturated heterocycles. The summed E-state index contributed by atoms with van der Waals surface area (Å²) >= 11 is 0. The van der Waals surface area contributed by atoms with Crippen molar-refractivity contribution in [2.24, 2.45) is 11.8 Å². The van der Waals surface area contributed by atoms with Crippen LogP contribution in [0.2, 0.25) is 0 Å². The van der Waals surface area contributed by atoms with Gasteiger partial charge in [0.25, 0.3) is 5.91 Å². The second-order valence-electron chi connectivity index (χ2n) is 10.8. The fourth-order valence-electron chi connectivity index (χ4n) is 5.86. The maximum absolute atomic E-state index is 14.3. The third-order valence-electron chi connectivity index (χ3n) is 8.26. The van der Waals surface area contributed by atoms with Gasteiger partial charge in [0, 0.05) is 41.6 Å². The second-order valence-corrected chi connectivity index (χ2v) is 10.8. The van der Waals surface area contributed by atoms with Crippen molar-refractivity contribution in [3.63, 3.8) is 0 Å². The van der Waals surface area contributed by atoms with Crippen molar-refractivity contribution in [1.29, 1.82) is 0 Å². The SMILES string of the molecule is COc1cc(-c2cc(C(=O)N3CC[C@H](C(=O)NC4CCC(C(C)(F)F)CC4)CC34CC4)[nH]n2)c(F)cn1. The van der Waals surface area contributed by atoms with Crippen molar-refractivity contribution >= 4 is 11.8 Å². The van der Waals surface area contributed by atoms with Gasteiger partial charge in [0.15, 0.2) is 5.82 Å². The third kappa shape index (κ3) is 5.17. The van der Waals surface area contributed by atoms with Gasteiger partial charge in [0.2, 0.25) is 17.7 Å². The molecule has 3 heterocycles. The minimum absolute atomic E-state index is 0.0454. The highest BCUT2D eigenvalue weighted by Crippen LogP contribution is 2.50. The number of carbonyl (C=O) groups excluding carboxylic acids is 2. The molecular weight excluding hydrogens is 487 g/mol. The highest BCUT2D eigenvalue weighted by molar-refractivity contribution is 5.94. The zero-order valence-electron chi connectivity index (χ0n) is 21.0. The summed E-state index contributed by atoms with van der Waals surface area (Å²) in [6, 6.07) is 2.87. The Hall–Kier alpha value is -3.11. The first-order chi connectivity index (χ1) is 17.6. The zero-order valence-corrected chi connectivity index (χ0v) is 21.0. The number of alkyl halides is 2. The third-order valence-corrected chi connectivity index (χ3v) is 8.26. The molecule has 2 aliphatic carbocycles. The number of H-pyrrole nitrogens is 1. The fourth-order valence-corrected chi connectivity index (χ4v) is 5.86. The lowest BCUT2D eigenvalue weighted by Crippen LogP contribution is -2.52. The maximum Gasteiger partial charge on any atom is 0.272 e. The minimum Gasteiger partial charge on any atom is -0.481 e. The smallest absolute Gasteiger partial charge is 0.272 e. The van der Waals surface area contributed by atoms with Crippen molar-refractivity contribution in [2.45, 2.75) is 75.8 Å². The summed E-state index contributed by atoms with van der Waals surface area (Å²) in [6.07, 6.45) is 5.73. The first-order valence-electron chi connectivity index (χ1n) is 12.8. The van der Waals surface area contributed by atoms with Gasteiger partial charge < -0.3 is 15.0 Å². The Morgan fingerprint density at radius 1 is 1.19 bits per heavy atom. The quantitative estimate of drug-likeness (QED) is 0.592. The lowest BCUT2D eigenvalue weighted by atomic mass is 9.82. The molecule has 200 valence electrons. The molecule has 0 bridgehead atoms. The van der Waals surface area contributed by atoms with Gasteiger partial charge in [0.05, 0.1) is 19.0 Å². The molecule has 2 saturated carbocycles. The summed E-state index contributed by atoms with van der Waals surface area (Å²) in [6.45, 7) is 1.40. The number of hydrogen-bond donors (Lipinski definition) is 2. The Kier molecular flexibility index (Phi) is 6.66. The number of ether oxygens (including phenoxy) is 1. The summed E-state index contributed by atoms with van der Waals surface area (Å²) in [5.74, 6) is -4.13. The summed E-state index contributed by atoms with van der Waals surface area (Å²) in [7, 11) is 1.43. The first-order valence-corrected chi connectivity index (χ1v) is 12.8. The van der Waals surface area contributed by atoms with E-state index in [9.17, 15) is 22.8 Å². The molecule has 2 amide bonds. The van der Waals surface area contributed by atoms with Crippen LogP contribution in [0.3, 0.4) is 0 Å². The van der Waals surface area contributed by atoms with Crippen molar-refractivity contribution in [3.05, 3.63) is 29.8 Å². The molecule has 2 aromatic heterocycles. The molecule has 5 rings (SSSR count). The van der Waals surface area contributed by atoms with Crippen LogP contribution < -0.4 is 10.1 Å². The van der Waals surface area contributed by atoms with Crippen molar-refractivity contribution in [1.82, 2.24) is 25.4 Å². The van der Waals surface area contributed by atoms with E-state index in [-0.39, 0.29) is 52.1 Å². The molecular formula is C26H32F3N5O3. The Balaban J connectivity index is 1.20. The van der Waals surface area contributed by atoms with Gasteiger partial charge in [-0.15, -0.1) is 0 Å². The topological polar surface area (TPSA) is 100 Å². The highest BCUT2D eigenvalue weighted by Gasteiger charge is 2.54. The van der Waals surface area contributed by atoms with Gasteiger partial charge in [-0.05, 0) is 64.4 Å². The van der Waals surface area contributed by atoms with E-state index in [1.165, 1.54) is 19.2 Å². The van der Waals surface area contributed by atoms with Crippen molar-refractivity contribution in [3.8, 4) is 17.1 Å². The summed E-state index contributed by atoms with van der Waals surface area (Å²) < 4.78 is 46.6. The first kappa shape index (κ1) is 25.5. The lowest BCUT2D eigenvalue weighted by molar-refractivity contribution is -0.128. The standard InChI is InChI=1S/C26H32F3N5O3/c1-25(28,29)16-3-5-17(6-4-16)31-23(35)15-7-10-34(26(13-15)8-9-26)24(36)21-12-20(32-33-21)18-11-22(37-2)30-14-19(18)27/h11-12,14-17H,3-10,13H2,1-2H3,(H,31,35)(H,32,33)/t15-,16?,17?/m0/s1. The maximum atomic E-state index is 14.3. The number of nitrogens with one attached hydrogen (secondary N) is 2. The Bertz CT molecular complexity index is 1170. The molecule has 3 fully saturated rings. The van der Waals surface area contributed by atoms with Crippen LogP contribution in [0.25, 0.3) is 11.3 Å². The number of halogens is 3. The normalized spacial score (nSPS) is 25.1. The van der Waals surface area contributed by atoms with Crippen LogP contribution in [-0.4, -0.2) is 63.1 Å². The van der Waals surface area contributed by atoms with Gasteiger partial charge >= 0.3 is 0 Å². The second kappa shape index (κ2) is 9.64. The monoisotopic (exact) mass is 519 g/mol. The molecule has 1 atom stereocenters. The fraction of sp³-hybridized carbons (Fsp3) is 0.615. The van der Waals surface area contributed by atoms with E-state index in [4.69, 9.17) is 4.74 Å². The molecule has 37 heavy (non-hydrogen) atoms. The number of piperidine rings is 1. The number of rotatable bonds is 6. The van der Waals surface area contributed by atoms with Crippen LogP contribution in [0.1, 0.15) is 68.8 Å². The van der Waals surface area contributed by atoms with Crippen LogP contribution in [0.4, 0.5) is 13.2 Å². The van der Waals surface area contributed by atoms with E-state index in [1.54, 1.807) is 0 Å². The number of nitrogens with zero attached hydrogens (tertiary/aromatic N) is 3. The summed E-state index contributed by atoms with van der Waals surface area (Å²) in [4.78, 5) is 32.0. The number of methoxy groups -OCH3 is 1. The van der Waals surface area contributed by atoms with E-state index >= 15 is 0 Å². The number of pyridine rings is 1. The minimum atomic E-state index is -2.68. The molecule has 0 aromatic carbocycles.